The first-order valence-electron chi connectivity index (χ1n) is 7.88. The third kappa shape index (κ3) is 4.06. The Labute approximate surface area is 131 Å². The van der Waals surface area contributed by atoms with Gasteiger partial charge in [0.05, 0.1) is 18.3 Å². The van der Waals surface area contributed by atoms with Crippen molar-refractivity contribution in [3.05, 3.63) is 11.8 Å². The number of carbonyl (C=O) groups excluding carboxylic acids is 1. The van der Waals surface area contributed by atoms with E-state index in [1.54, 1.807) is 6.07 Å². The molecule has 22 heavy (non-hydrogen) atoms. The van der Waals surface area contributed by atoms with Gasteiger partial charge in [-0.2, -0.15) is 0 Å². The number of aryl methyl sites for hydroxylation is 1. The molecule has 1 fully saturated rings. The predicted molar refractivity (Wildman–Crippen MR) is 83.6 cm³/mol. The molecule has 0 saturated carbocycles. The summed E-state index contributed by atoms with van der Waals surface area (Å²) < 4.78 is 5.01. The van der Waals surface area contributed by atoms with Crippen LogP contribution in [0, 0.1) is 6.92 Å². The summed E-state index contributed by atoms with van der Waals surface area (Å²) in [5.74, 6) is 0.304. The van der Waals surface area contributed by atoms with Gasteiger partial charge in [-0.1, -0.05) is 12.1 Å². The number of aliphatic hydroxyl groups excluding tert-OH is 1. The molecule has 2 unspecified atom stereocenters. The quantitative estimate of drug-likeness (QED) is 0.805. The van der Waals surface area contributed by atoms with Crippen LogP contribution in [0.4, 0.5) is 5.88 Å². The summed E-state index contributed by atoms with van der Waals surface area (Å²) in [4.78, 5) is 16.7. The van der Waals surface area contributed by atoms with Crippen LogP contribution in [0.3, 0.4) is 0 Å². The molecule has 0 radical (unpaired) electrons. The van der Waals surface area contributed by atoms with Crippen LogP contribution >= 0.6 is 0 Å². The Morgan fingerprint density at radius 2 is 2.05 bits per heavy atom. The van der Waals surface area contributed by atoms with Crippen LogP contribution in [0.15, 0.2) is 10.6 Å². The minimum atomic E-state index is -0.221. The van der Waals surface area contributed by atoms with E-state index in [0.717, 1.165) is 38.3 Å². The topological polar surface area (TPSA) is 81.8 Å². The highest BCUT2D eigenvalue weighted by Crippen LogP contribution is 2.14. The number of hydrogen-bond acceptors (Lipinski definition) is 6. The van der Waals surface area contributed by atoms with Crippen LogP contribution in [0.2, 0.25) is 0 Å². The van der Waals surface area contributed by atoms with Crippen molar-refractivity contribution in [1.82, 2.24) is 15.0 Å². The smallest absolute Gasteiger partial charge is 0.243 e. The number of anilines is 1. The normalized spacial score (nSPS) is 19.8. The van der Waals surface area contributed by atoms with Crippen LogP contribution in [0.25, 0.3) is 0 Å². The monoisotopic (exact) mass is 310 g/mol. The summed E-state index contributed by atoms with van der Waals surface area (Å²) in [6, 6.07) is 1.71. The first-order valence-corrected chi connectivity index (χ1v) is 7.88. The molecule has 2 rings (SSSR count). The van der Waals surface area contributed by atoms with Crippen molar-refractivity contribution in [2.75, 3.05) is 38.1 Å². The number of amides is 1. The highest BCUT2D eigenvalue weighted by atomic mass is 16.5. The van der Waals surface area contributed by atoms with Gasteiger partial charge in [0.1, 0.15) is 0 Å². The molecule has 2 N–H and O–H groups in total. The summed E-state index contributed by atoms with van der Waals surface area (Å²) in [5.41, 5.74) is 0.742. The minimum Gasteiger partial charge on any atom is -0.395 e. The molecule has 7 heteroatoms. The van der Waals surface area contributed by atoms with Gasteiger partial charge in [-0.3, -0.25) is 19.9 Å². The molecule has 1 aliphatic rings. The fourth-order valence-corrected chi connectivity index (χ4v) is 2.81. The zero-order valence-electron chi connectivity index (χ0n) is 13.6. The second-order valence-corrected chi connectivity index (χ2v) is 5.81. The molecule has 1 saturated heterocycles. The molecule has 1 amide bonds. The fourth-order valence-electron chi connectivity index (χ4n) is 2.81. The molecule has 2 heterocycles. The molecule has 0 aliphatic carbocycles. The molecule has 7 nitrogen and oxygen atoms in total. The summed E-state index contributed by atoms with van der Waals surface area (Å²) in [5, 5.41) is 15.9. The lowest BCUT2D eigenvalue weighted by Crippen LogP contribution is -2.55. The third-order valence-corrected chi connectivity index (χ3v) is 4.35. The van der Waals surface area contributed by atoms with E-state index in [0.29, 0.717) is 5.88 Å². The highest BCUT2D eigenvalue weighted by molar-refractivity contribution is 5.93. The molecule has 0 spiro atoms. The molecule has 1 aliphatic heterocycles. The molecule has 0 bridgehead atoms. The predicted octanol–water partition coefficient (Wildman–Crippen LogP) is 0.699. The zero-order valence-corrected chi connectivity index (χ0v) is 13.6. The second-order valence-electron chi connectivity index (χ2n) is 5.81. The van der Waals surface area contributed by atoms with Crippen molar-refractivity contribution in [1.29, 1.82) is 0 Å². The van der Waals surface area contributed by atoms with E-state index in [-0.39, 0.29) is 24.6 Å². The number of aromatic nitrogens is 1. The van der Waals surface area contributed by atoms with Crippen molar-refractivity contribution in [3.8, 4) is 0 Å². The van der Waals surface area contributed by atoms with Crippen LogP contribution in [-0.4, -0.2) is 70.8 Å². The molecular weight excluding hydrogens is 284 g/mol. The minimum absolute atomic E-state index is 0.0844. The van der Waals surface area contributed by atoms with Gasteiger partial charge in [0.15, 0.2) is 0 Å². The average Bonchev–Trinajstić information content (AvgIpc) is 2.93. The maximum atomic E-state index is 12.3. The number of rotatable bonds is 6. The van der Waals surface area contributed by atoms with E-state index in [2.05, 4.69) is 27.2 Å². The van der Waals surface area contributed by atoms with Gasteiger partial charge >= 0.3 is 0 Å². The maximum Gasteiger partial charge on any atom is 0.243 e. The first kappa shape index (κ1) is 16.9. The Morgan fingerprint density at radius 1 is 1.41 bits per heavy atom. The molecule has 1 aromatic heterocycles. The fraction of sp³-hybridized carbons (Fsp3) is 0.733. The van der Waals surface area contributed by atoms with Gasteiger partial charge in [-0.15, -0.1) is 0 Å². The lowest BCUT2D eigenvalue weighted by atomic mass is 10.1. The summed E-state index contributed by atoms with van der Waals surface area (Å²) >= 11 is 0. The Balaban J connectivity index is 1.83. The molecule has 0 aromatic carbocycles. The number of nitrogens with one attached hydrogen (secondary N) is 1. The average molecular weight is 310 g/mol. The lowest BCUT2D eigenvalue weighted by Gasteiger charge is -2.40. The van der Waals surface area contributed by atoms with Gasteiger partial charge in [0.25, 0.3) is 0 Å². The number of nitrogens with zero attached hydrogens (tertiary/aromatic N) is 3. The Hall–Kier alpha value is -1.44. The van der Waals surface area contributed by atoms with Crippen molar-refractivity contribution in [2.24, 2.45) is 0 Å². The number of hydrogen-bond donors (Lipinski definition) is 2. The Bertz CT molecular complexity index is 479. The van der Waals surface area contributed by atoms with E-state index in [1.165, 1.54) is 0 Å². The number of aliphatic hydroxyl groups is 1. The number of piperazine rings is 1. The second kappa shape index (κ2) is 7.71. The van der Waals surface area contributed by atoms with Gasteiger partial charge in [0.2, 0.25) is 11.8 Å². The number of carbonyl (C=O) groups is 1. The SMILES string of the molecule is CCC(CO)N1CCN(C(C)C(=O)Nc2cc(C)no2)CC1. The standard InChI is InChI=1S/C15H26N4O3/c1-4-13(10-20)19-7-5-18(6-8-19)12(3)15(21)16-14-9-11(2)17-22-14/h9,12-13,20H,4-8,10H2,1-3H3,(H,16,21). The van der Waals surface area contributed by atoms with Crippen molar-refractivity contribution < 1.29 is 14.4 Å². The van der Waals surface area contributed by atoms with Crippen molar-refractivity contribution in [2.45, 2.75) is 39.3 Å². The lowest BCUT2D eigenvalue weighted by molar-refractivity contribution is -0.121. The van der Waals surface area contributed by atoms with Gasteiger partial charge in [-0.05, 0) is 20.3 Å². The van der Waals surface area contributed by atoms with Crippen LogP contribution in [0.1, 0.15) is 26.0 Å². The van der Waals surface area contributed by atoms with Crippen molar-refractivity contribution >= 4 is 11.8 Å². The largest absolute Gasteiger partial charge is 0.395 e. The van der Waals surface area contributed by atoms with E-state index in [9.17, 15) is 9.90 Å². The molecule has 2 atom stereocenters. The van der Waals surface area contributed by atoms with Gasteiger partial charge in [0, 0.05) is 38.3 Å². The van der Waals surface area contributed by atoms with Gasteiger partial charge in [-0.25, -0.2) is 0 Å². The summed E-state index contributed by atoms with van der Waals surface area (Å²) in [6.45, 7) is 9.38. The van der Waals surface area contributed by atoms with Crippen molar-refractivity contribution in [3.63, 3.8) is 0 Å². The van der Waals surface area contributed by atoms with E-state index < -0.39 is 0 Å². The van der Waals surface area contributed by atoms with E-state index in [1.807, 2.05) is 13.8 Å². The molecule has 1 aromatic rings. The van der Waals surface area contributed by atoms with Crippen LogP contribution in [-0.2, 0) is 4.79 Å². The van der Waals surface area contributed by atoms with E-state index in [4.69, 9.17) is 4.52 Å². The molecular formula is C15H26N4O3. The Morgan fingerprint density at radius 3 is 2.55 bits per heavy atom. The third-order valence-electron chi connectivity index (χ3n) is 4.35. The maximum absolute atomic E-state index is 12.3. The van der Waals surface area contributed by atoms with E-state index >= 15 is 0 Å². The zero-order chi connectivity index (χ0) is 16.1. The van der Waals surface area contributed by atoms with Crippen LogP contribution in [0.5, 0.6) is 0 Å². The summed E-state index contributed by atoms with van der Waals surface area (Å²) in [7, 11) is 0. The molecule has 124 valence electrons. The van der Waals surface area contributed by atoms with Crippen LogP contribution < -0.4 is 5.32 Å². The highest BCUT2D eigenvalue weighted by Gasteiger charge is 2.28. The Kier molecular flexibility index (Phi) is 5.93. The van der Waals surface area contributed by atoms with Gasteiger partial charge < -0.3 is 9.63 Å². The summed E-state index contributed by atoms with van der Waals surface area (Å²) in [6.07, 6.45) is 0.942. The first-order chi connectivity index (χ1) is 10.5.